The topological polar surface area (TPSA) is 90.6 Å². The minimum absolute atomic E-state index is 0.189. The molecule has 21 heavy (non-hydrogen) atoms. The molecule has 0 saturated heterocycles. The fourth-order valence-electron chi connectivity index (χ4n) is 1.77. The molecule has 0 bridgehead atoms. The van der Waals surface area contributed by atoms with Crippen molar-refractivity contribution < 1.29 is 4.79 Å². The lowest BCUT2D eigenvalue weighted by Crippen LogP contribution is -2.26. The average molecular weight is 327 g/mol. The van der Waals surface area contributed by atoms with Gasteiger partial charge in [0.25, 0.3) is 5.91 Å². The van der Waals surface area contributed by atoms with Crippen LogP contribution in [0, 0.1) is 0 Å². The van der Waals surface area contributed by atoms with Crippen molar-refractivity contribution in [2.24, 2.45) is 0 Å². The van der Waals surface area contributed by atoms with E-state index >= 15 is 0 Å². The predicted molar refractivity (Wildman–Crippen MR) is 83.1 cm³/mol. The zero-order valence-corrected chi connectivity index (χ0v) is 13.0. The highest BCUT2D eigenvalue weighted by molar-refractivity contribution is 7.99. The van der Waals surface area contributed by atoms with Crippen molar-refractivity contribution in [3.8, 4) is 0 Å². The highest BCUT2D eigenvalue weighted by atomic mass is 35.5. The third-order valence-corrected chi connectivity index (χ3v) is 3.87. The van der Waals surface area contributed by atoms with Gasteiger partial charge in [-0.05, 0) is 24.0 Å². The number of rotatable bonds is 6. The molecular formula is C13H15ClN4O2S. The zero-order chi connectivity index (χ0) is 15.2. The molecule has 8 heteroatoms. The molecule has 2 rings (SSSR count). The van der Waals surface area contributed by atoms with E-state index in [4.69, 9.17) is 11.6 Å². The molecule has 1 aromatic carbocycles. The van der Waals surface area contributed by atoms with Crippen LogP contribution in [0.15, 0.2) is 27.9 Å². The molecule has 1 amide bonds. The van der Waals surface area contributed by atoms with Crippen molar-refractivity contribution in [1.29, 1.82) is 0 Å². The molecule has 1 heterocycles. The molecule has 0 atom stereocenters. The number of aromatic nitrogens is 3. The number of hydrogen-bond acceptors (Lipinski definition) is 4. The van der Waals surface area contributed by atoms with Gasteiger partial charge < -0.3 is 5.32 Å². The Kier molecular flexibility index (Phi) is 5.46. The highest BCUT2D eigenvalue weighted by Crippen LogP contribution is 2.25. The number of nitrogens with zero attached hydrogens (tertiary/aromatic N) is 1. The first-order chi connectivity index (χ1) is 10.1. The Labute approximate surface area is 130 Å². The average Bonchev–Trinajstić information content (AvgIpc) is 2.86. The number of amides is 1. The van der Waals surface area contributed by atoms with Crippen molar-refractivity contribution in [1.82, 2.24) is 20.5 Å². The number of carbonyl (C=O) groups is 1. The maximum atomic E-state index is 12.2. The van der Waals surface area contributed by atoms with Crippen LogP contribution in [0.25, 0.3) is 0 Å². The number of hydrogen-bond donors (Lipinski definition) is 3. The third-order valence-electron chi connectivity index (χ3n) is 2.68. The number of carbonyl (C=O) groups excluding carboxylic acids is 1. The van der Waals surface area contributed by atoms with Crippen LogP contribution in [0.5, 0.6) is 0 Å². The van der Waals surface area contributed by atoms with Crippen molar-refractivity contribution in [3.05, 3.63) is 45.1 Å². The van der Waals surface area contributed by atoms with Crippen LogP contribution in [-0.2, 0) is 6.42 Å². The van der Waals surface area contributed by atoms with Crippen LogP contribution in [0.4, 0.5) is 0 Å². The molecule has 0 aliphatic rings. The Balaban J connectivity index is 1.99. The Morgan fingerprint density at radius 3 is 2.95 bits per heavy atom. The van der Waals surface area contributed by atoms with Gasteiger partial charge in [0, 0.05) is 22.9 Å². The molecule has 6 nitrogen and oxygen atoms in total. The van der Waals surface area contributed by atoms with Gasteiger partial charge in [-0.25, -0.2) is 9.89 Å². The van der Waals surface area contributed by atoms with E-state index in [0.717, 1.165) is 10.6 Å². The SMILES string of the molecule is CCSc1ccc(Cl)cc1C(=O)NCCc1n[nH]c(=O)[nH]1. The summed E-state index contributed by atoms with van der Waals surface area (Å²) in [5, 5.41) is 9.38. The smallest absolute Gasteiger partial charge is 0.340 e. The number of thioether (sulfide) groups is 1. The predicted octanol–water partition coefficient (Wildman–Crippen LogP) is 1.84. The first-order valence-corrected chi connectivity index (χ1v) is 7.80. The minimum atomic E-state index is -0.354. The molecular weight excluding hydrogens is 312 g/mol. The van der Waals surface area contributed by atoms with Gasteiger partial charge in [-0.15, -0.1) is 11.8 Å². The van der Waals surface area contributed by atoms with Gasteiger partial charge in [-0.3, -0.25) is 9.78 Å². The highest BCUT2D eigenvalue weighted by Gasteiger charge is 2.12. The number of halogens is 1. The van der Waals surface area contributed by atoms with Crippen molar-refractivity contribution in [2.75, 3.05) is 12.3 Å². The first-order valence-electron chi connectivity index (χ1n) is 6.44. The monoisotopic (exact) mass is 326 g/mol. The van der Waals surface area contributed by atoms with Gasteiger partial charge in [-0.2, -0.15) is 5.10 Å². The van der Waals surface area contributed by atoms with Crippen LogP contribution >= 0.6 is 23.4 Å². The van der Waals surface area contributed by atoms with E-state index in [1.807, 2.05) is 13.0 Å². The van der Waals surface area contributed by atoms with Gasteiger partial charge in [0.15, 0.2) is 0 Å². The lowest BCUT2D eigenvalue weighted by atomic mass is 10.2. The number of aromatic amines is 2. The summed E-state index contributed by atoms with van der Waals surface area (Å²) in [5.41, 5.74) is 0.206. The quantitative estimate of drug-likeness (QED) is 0.706. The first kappa shape index (κ1) is 15.7. The van der Waals surface area contributed by atoms with E-state index in [2.05, 4.69) is 20.5 Å². The molecule has 2 aromatic rings. The summed E-state index contributed by atoms with van der Waals surface area (Å²) in [4.78, 5) is 26.5. The van der Waals surface area contributed by atoms with E-state index in [-0.39, 0.29) is 11.6 Å². The summed E-state index contributed by atoms with van der Waals surface area (Å²) in [6.07, 6.45) is 0.446. The Bertz CT molecular complexity index is 683. The molecule has 0 aliphatic carbocycles. The van der Waals surface area contributed by atoms with Crippen molar-refractivity contribution >= 4 is 29.3 Å². The molecule has 0 radical (unpaired) electrons. The molecule has 0 unspecified atom stereocenters. The van der Waals surface area contributed by atoms with Gasteiger partial charge in [-0.1, -0.05) is 18.5 Å². The zero-order valence-electron chi connectivity index (χ0n) is 11.4. The Hall–Kier alpha value is -1.73. The van der Waals surface area contributed by atoms with Crippen LogP contribution in [0.3, 0.4) is 0 Å². The molecule has 0 saturated carbocycles. The fraction of sp³-hybridized carbons (Fsp3) is 0.308. The van der Waals surface area contributed by atoms with Gasteiger partial charge in [0.2, 0.25) is 0 Å². The summed E-state index contributed by atoms with van der Waals surface area (Å²) in [6, 6.07) is 5.27. The standard InChI is InChI=1S/C13H15ClN4O2S/c1-2-21-10-4-3-8(14)7-9(10)12(19)15-6-5-11-16-13(20)18-17-11/h3-4,7H,2,5-6H2,1H3,(H,15,19)(H2,16,17,18,20). The van der Waals surface area contributed by atoms with E-state index in [1.54, 1.807) is 23.9 Å². The molecule has 1 aromatic heterocycles. The van der Waals surface area contributed by atoms with Crippen LogP contribution < -0.4 is 11.0 Å². The molecule has 112 valence electrons. The summed E-state index contributed by atoms with van der Waals surface area (Å²) >= 11 is 7.54. The van der Waals surface area contributed by atoms with E-state index in [1.165, 1.54) is 0 Å². The molecule has 3 N–H and O–H groups in total. The number of H-pyrrole nitrogens is 2. The summed E-state index contributed by atoms with van der Waals surface area (Å²) in [5.74, 6) is 1.19. The second-order valence-electron chi connectivity index (χ2n) is 4.20. The lowest BCUT2D eigenvalue weighted by Gasteiger charge is -2.09. The maximum Gasteiger partial charge on any atom is 0.340 e. The van der Waals surface area contributed by atoms with Crippen molar-refractivity contribution in [2.45, 2.75) is 18.2 Å². The van der Waals surface area contributed by atoms with Gasteiger partial charge in [0.1, 0.15) is 5.82 Å². The second-order valence-corrected chi connectivity index (χ2v) is 5.95. The minimum Gasteiger partial charge on any atom is -0.352 e. The second kappa shape index (κ2) is 7.33. The lowest BCUT2D eigenvalue weighted by molar-refractivity contribution is 0.0951. The Morgan fingerprint density at radius 2 is 2.29 bits per heavy atom. The largest absolute Gasteiger partial charge is 0.352 e. The molecule has 0 fully saturated rings. The molecule has 0 aliphatic heterocycles. The van der Waals surface area contributed by atoms with E-state index < -0.39 is 0 Å². The van der Waals surface area contributed by atoms with Crippen LogP contribution in [0.2, 0.25) is 5.02 Å². The third kappa shape index (κ3) is 4.37. The number of nitrogens with one attached hydrogen (secondary N) is 3. The van der Waals surface area contributed by atoms with E-state index in [0.29, 0.717) is 29.4 Å². The van der Waals surface area contributed by atoms with Crippen LogP contribution in [-0.4, -0.2) is 33.4 Å². The summed E-state index contributed by atoms with van der Waals surface area (Å²) in [7, 11) is 0. The number of benzene rings is 1. The maximum absolute atomic E-state index is 12.2. The summed E-state index contributed by atoms with van der Waals surface area (Å²) in [6.45, 7) is 2.40. The Morgan fingerprint density at radius 1 is 1.48 bits per heavy atom. The normalized spacial score (nSPS) is 10.6. The van der Waals surface area contributed by atoms with Gasteiger partial charge >= 0.3 is 5.69 Å². The van der Waals surface area contributed by atoms with E-state index in [9.17, 15) is 9.59 Å². The van der Waals surface area contributed by atoms with Gasteiger partial charge in [0.05, 0.1) is 5.56 Å². The fourth-order valence-corrected chi connectivity index (χ4v) is 2.73. The van der Waals surface area contributed by atoms with Crippen LogP contribution in [0.1, 0.15) is 23.1 Å². The summed E-state index contributed by atoms with van der Waals surface area (Å²) < 4.78 is 0. The van der Waals surface area contributed by atoms with Crippen molar-refractivity contribution in [3.63, 3.8) is 0 Å². The molecule has 0 spiro atoms.